The molecule has 6 nitrogen and oxygen atoms in total. The maximum atomic E-state index is 9.09. The molecule has 1 heterocycles. The quantitative estimate of drug-likeness (QED) is 0.221. The van der Waals surface area contributed by atoms with Crippen molar-refractivity contribution in [2.75, 3.05) is 17.8 Å². The van der Waals surface area contributed by atoms with Gasteiger partial charge in [-0.15, -0.1) is 11.8 Å². The van der Waals surface area contributed by atoms with Gasteiger partial charge in [-0.1, -0.05) is 0 Å². The predicted octanol–water partition coefficient (Wildman–Crippen LogP) is -0.793. The number of hydrogen-bond acceptors (Lipinski definition) is 7. The maximum Gasteiger partial charge on any atom is 0.144 e. The van der Waals surface area contributed by atoms with Crippen molar-refractivity contribution in [3.63, 3.8) is 0 Å². The number of anilines is 1. The van der Waals surface area contributed by atoms with Crippen LogP contribution in [0, 0.1) is 0 Å². The average Bonchev–Trinajstić information content (AvgIpc) is 2.26. The second kappa shape index (κ2) is 5.76. The van der Waals surface area contributed by atoms with Crippen LogP contribution < -0.4 is 11.3 Å². The first-order chi connectivity index (χ1) is 6.76. The molecule has 0 aliphatic heterocycles. The van der Waals surface area contributed by atoms with Crippen LogP contribution in [-0.2, 0) is 0 Å². The van der Waals surface area contributed by atoms with Gasteiger partial charge in [0.15, 0.2) is 0 Å². The number of aliphatic hydroxyl groups is 2. The molecule has 1 atom stereocenters. The Hall–Kier alpha value is -0.890. The fraction of sp³-hybridized carbons (Fsp3) is 0.429. The largest absolute Gasteiger partial charge is 0.394 e. The average molecular weight is 216 g/mol. The molecule has 14 heavy (non-hydrogen) atoms. The summed E-state index contributed by atoms with van der Waals surface area (Å²) in [5.41, 5.74) is 2.39. The molecule has 0 aliphatic carbocycles. The molecule has 0 spiro atoms. The minimum absolute atomic E-state index is 0.250. The van der Waals surface area contributed by atoms with E-state index >= 15 is 0 Å². The van der Waals surface area contributed by atoms with Crippen molar-refractivity contribution in [3.05, 3.63) is 12.4 Å². The molecular formula is C7H12N4O2S. The highest BCUT2D eigenvalue weighted by atomic mass is 32.2. The lowest BCUT2D eigenvalue weighted by Gasteiger charge is -2.06. The highest BCUT2D eigenvalue weighted by Gasteiger charge is 2.04. The zero-order valence-electron chi connectivity index (χ0n) is 7.42. The van der Waals surface area contributed by atoms with E-state index in [1.807, 2.05) is 0 Å². The Bertz CT molecular complexity index is 286. The molecule has 1 unspecified atom stereocenters. The van der Waals surface area contributed by atoms with Gasteiger partial charge in [0.2, 0.25) is 0 Å². The Labute approximate surface area is 85.5 Å². The van der Waals surface area contributed by atoms with E-state index in [9.17, 15) is 0 Å². The second-order valence-corrected chi connectivity index (χ2v) is 3.57. The normalized spacial score (nSPS) is 12.5. The van der Waals surface area contributed by atoms with Crippen molar-refractivity contribution in [1.82, 2.24) is 9.97 Å². The van der Waals surface area contributed by atoms with E-state index in [2.05, 4.69) is 15.4 Å². The summed E-state index contributed by atoms with van der Waals surface area (Å²) in [6.07, 6.45) is 0.646. The van der Waals surface area contributed by atoms with Gasteiger partial charge < -0.3 is 15.6 Å². The van der Waals surface area contributed by atoms with Crippen molar-refractivity contribution in [2.45, 2.75) is 11.1 Å². The molecule has 0 saturated carbocycles. The molecule has 0 radical (unpaired) electrons. The third-order valence-corrected chi connectivity index (χ3v) is 2.49. The summed E-state index contributed by atoms with van der Waals surface area (Å²) in [7, 11) is 0. The van der Waals surface area contributed by atoms with Crippen LogP contribution in [0.5, 0.6) is 0 Å². The number of nitrogens with zero attached hydrogens (tertiary/aromatic N) is 2. The molecule has 78 valence electrons. The molecule has 0 saturated heterocycles. The Morgan fingerprint density at radius 2 is 2.36 bits per heavy atom. The van der Waals surface area contributed by atoms with E-state index in [1.54, 1.807) is 6.07 Å². The maximum absolute atomic E-state index is 9.09. The predicted molar refractivity (Wildman–Crippen MR) is 53.7 cm³/mol. The van der Waals surface area contributed by atoms with Crippen molar-refractivity contribution in [3.8, 4) is 0 Å². The number of aliphatic hydroxyl groups excluding tert-OH is 2. The van der Waals surface area contributed by atoms with Crippen LogP contribution in [0.15, 0.2) is 17.4 Å². The first-order valence-corrected chi connectivity index (χ1v) is 4.95. The van der Waals surface area contributed by atoms with Crippen LogP contribution in [0.1, 0.15) is 0 Å². The van der Waals surface area contributed by atoms with E-state index in [1.165, 1.54) is 18.1 Å². The van der Waals surface area contributed by atoms with Crippen molar-refractivity contribution in [1.29, 1.82) is 0 Å². The van der Waals surface area contributed by atoms with Gasteiger partial charge in [-0.3, -0.25) is 0 Å². The van der Waals surface area contributed by atoms with Gasteiger partial charge in [0.1, 0.15) is 17.2 Å². The number of nitrogens with one attached hydrogen (secondary N) is 1. The molecule has 7 heteroatoms. The van der Waals surface area contributed by atoms with E-state index < -0.39 is 6.10 Å². The monoisotopic (exact) mass is 216 g/mol. The molecule has 0 amide bonds. The Morgan fingerprint density at radius 3 is 3.00 bits per heavy atom. The van der Waals surface area contributed by atoms with E-state index in [-0.39, 0.29) is 6.61 Å². The second-order valence-electron chi connectivity index (χ2n) is 2.53. The number of thioether (sulfide) groups is 1. The number of rotatable bonds is 5. The van der Waals surface area contributed by atoms with E-state index in [4.69, 9.17) is 16.1 Å². The van der Waals surface area contributed by atoms with Crippen LogP contribution in [0.25, 0.3) is 0 Å². The zero-order chi connectivity index (χ0) is 10.4. The van der Waals surface area contributed by atoms with E-state index in [0.717, 1.165) is 0 Å². The standard InChI is InChI=1S/C7H12N4O2S/c8-11-6-1-7(10-4-9-6)14-3-5(13)2-12/h1,4-5,12-13H,2-3,8H2,(H,9,10,11). The van der Waals surface area contributed by atoms with Crippen LogP contribution in [-0.4, -0.2) is 38.6 Å². The molecule has 1 aromatic rings. The fourth-order valence-electron chi connectivity index (χ4n) is 0.732. The summed E-state index contributed by atoms with van der Waals surface area (Å²) in [4.78, 5) is 7.79. The third-order valence-electron chi connectivity index (χ3n) is 1.42. The van der Waals surface area contributed by atoms with Gasteiger partial charge in [-0.25, -0.2) is 15.8 Å². The van der Waals surface area contributed by atoms with Gasteiger partial charge in [-0.2, -0.15) is 0 Å². The topological polar surface area (TPSA) is 104 Å². The molecule has 1 aromatic heterocycles. The van der Waals surface area contributed by atoms with Gasteiger partial charge in [0.05, 0.1) is 12.7 Å². The third kappa shape index (κ3) is 3.46. The molecule has 0 bridgehead atoms. The van der Waals surface area contributed by atoms with Crippen LogP contribution in [0.3, 0.4) is 0 Å². The lowest BCUT2D eigenvalue weighted by molar-refractivity contribution is 0.113. The number of aromatic nitrogens is 2. The minimum atomic E-state index is -0.732. The van der Waals surface area contributed by atoms with Crippen molar-refractivity contribution >= 4 is 17.6 Å². The van der Waals surface area contributed by atoms with Crippen LogP contribution >= 0.6 is 11.8 Å². The zero-order valence-corrected chi connectivity index (χ0v) is 8.24. The van der Waals surface area contributed by atoms with Crippen molar-refractivity contribution in [2.24, 2.45) is 5.84 Å². The number of nitrogen functional groups attached to an aromatic ring is 1. The molecule has 0 aliphatic rings. The van der Waals surface area contributed by atoms with Crippen LogP contribution in [0.2, 0.25) is 0 Å². The Balaban J connectivity index is 2.50. The summed E-state index contributed by atoms with van der Waals surface area (Å²) in [5, 5.41) is 18.4. The molecule has 0 aromatic carbocycles. The summed E-state index contributed by atoms with van der Waals surface area (Å²) >= 11 is 1.33. The van der Waals surface area contributed by atoms with Gasteiger partial charge in [0.25, 0.3) is 0 Å². The minimum Gasteiger partial charge on any atom is -0.394 e. The highest BCUT2D eigenvalue weighted by Crippen LogP contribution is 2.17. The van der Waals surface area contributed by atoms with Gasteiger partial charge in [0, 0.05) is 11.8 Å². The van der Waals surface area contributed by atoms with Gasteiger partial charge >= 0.3 is 0 Å². The summed E-state index contributed by atoms with van der Waals surface area (Å²) in [6.45, 7) is -0.250. The number of hydrogen-bond donors (Lipinski definition) is 4. The first kappa shape index (κ1) is 11.2. The molecule has 0 fully saturated rings. The lowest BCUT2D eigenvalue weighted by atomic mass is 10.4. The Morgan fingerprint density at radius 1 is 1.57 bits per heavy atom. The smallest absolute Gasteiger partial charge is 0.144 e. The Kier molecular flexibility index (Phi) is 4.60. The number of hydrazine groups is 1. The number of nitrogens with two attached hydrogens (primary N) is 1. The SMILES string of the molecule is NNc1cc(SCC(O)CO)ncn1. The molecule has 5 N–H and O–H groups in total. The lowest BCUT2D eigenvalue weighted by Crippen LogP contribution is -2.14. The summed E-state index contributed by atoms with van der Waals surface area (Å²) < 4.78 is 0. The van der Waals surface area contributed by atoms with Crippen molar-refractivity contribution < 1.29 is 10.2 Å². The fourth-order valence-corrected chi connectivity index (χ4v) is 1.52. The highest BCUT2D eigenvalue weighted by molar-refractivity contribution is 7.99. The summed E-state index contributed by atoms with van der Waals surface area (Å²) in [6, 6.07) is 1.66. The molecule has 1 rings (SSSR count). The summed E-state index contributed by atoms with van der Waals surface area (Å²) in [5.74, 6) is 6.06. The first-order valence-electron chi connectivity index (χ1n) is 3.96. The van der Waals surface area contributed by atoms with Crippen LogP contribution in [0.4, 0.5) is 5.82 Å². The van der Waals surface area contributed by atoms with E-state index in [0.29, 0.717) is 16.6 Å². The van der Waals surface area contributed by atoms with Gasteiger partial charge in [-0.05, 0) is 0 Å². The molecular weight excluding hydrogens is 204 g/mol.